The van der Waals surface area contributed by atoms with Crippen LogP contribution in [0, 0.1) is 24.6 Å². The summed E-state index contributed by atoms with van der Waals surface area (Å²) in [6.45, 7) is 3.83. The van der Waals surface area contributed by atoms with Gasteiger partial charge in [-0.2, -0.15) is 4.98 Å². The number of nitrogens with zero attached hydrogens (tertiary/aromatic N) is 6. The first-order chi connectivity index (χ1) is 15.0. The molecular formula is C21H23ClFN7O. The molecule has 3 atom stereocenters. The lowest BCUT2D eigenvalue weighted by molar-refractivity contribution is 0.374. The predicted molar refractivity (Wildman–Crippen MR) is 115 cm³/mol. The number of ether oxygens (including phenoxy) is 1. The molecule has 1 unspecified atom stereocenters. The zero-order valence-electron chi connectivity index (χ0n) is 17.3. The minimum Gasteiger partial charge on any atom is -0.421 e. The van der Waals surface area contributed by atoms with E-state index in [2.05, 4.69) is 30.3 Å². The fourth-order valence-electron chi connectivity index (χ4n) is 4.59. The summed E-state index contributed by atoms with van der Waals surface area (Å²) in [5.74, 6) is 1.79. The molecule has 2 aromatic heterocycles. The highest BCUT2D eigenvalue weighted by Crippen LogP contribution is 2.40. The summed E-state index contributed by atoms with van der Waals surface area (Å²) in [7, 11) is 1.71. The van der Waals surface area contributed by atoms with Crippen molar-refractivity contribution in [1.82, 2.24) is 24.7 Å². The van der Waals surface area contributed by atoms with E-state index in [0.29, 0.717) is 17.8 Å². The van der Waals surface area contributed by atoms with Gasteiger partial charge in [0.1, 0.15) is 12.1 Å². The van der Waals surface area contributed by atoms with Crippen LogP contribution < -0.4 is 15.0 Å². The maximum absolute atomic E-state index is 14.2. The van der Waals surface area contributed by atoms with Gasteiger partial charge in [0.15, 0.2) is 11.6 Å². The molecule has 0 spiro atoms. The summed E-state index contributed by atoms with van der Waals surface area (Å²) < 4.78 is 21.3. The Hall–Kier alpha value is -2.94. The number of hydrogen-bond donors (Lipinski definition) is 1. The monoisotopic (exact) mass is 443 g/mol. The van der Waals surface area contributed by atoms with E-state index >= 15 is 0 Å². The smallest absolute Gasteiger partial charge is 0.322 e. The number of benzene rings is 1. The van der Waals surface area contributed by atoms with Gasteiger partial charge in [-0.05, 0) is 43.7 Å². The second-order valence-corrected chi connectivity index (χ2v) is 8.59. The zero-order valence-corrected chi connectivity index (χ0v) is 18.1. The first-order valence-electron chi connectivity index (χ1n) is 10.3. The maximum atomic E-state index is 14.2. The number of aromatic nitrogens is 5. The standard InChI is InChI=1S/C21H23ClFN7O/c1-12-8-17(25-11-24-12)30-9-13-6-7-14(10-30)19(13)26-20-27-21(29(2)28-20)31-16-5-3-4-15(22)18(16)23/h3-5,8,11,13-14,19H,6-7,9-10H2,1-2H3,(H,26,28)/t13-,14+,19?. The van der Waals surface area contributed by atoms with E-state index in [1.165, 1.54) is 16.8 Å². The van der Waals surface area contributed by atoms with Gasteiger partial charge in [-0.1, -0.05) is 17.7 Å². The van der Waals surface area contributed by atoms with Crippen molar-refractivity contribution < 1.29 is 9.13 Å². The normalized spacial score (nSPS) is 22.6. The fourth-order valence-corrected chi connectivity index (χ4v) is 4.76. The van der Waals surface area contributed by atoms with Crippen LogP contribution in [0.25, 0.3) is 0 Å². The number of anilines is 2. The second kappa shape index (κ2) is 7.96. The van der Waals surface area contributed by atoms with Gasteiger partial charge in [-0.15, -0.1) is 5.10 Å². The van der Waals surface area contributed by atoms with Gasteiger partial charge in [0.2, 0.25) is 5.95 Å². The third-order valence-electron chi connectivity index (χ3n) is 6.08. The van der Waals surface area contributed by atoms with Crippen LogP contribution in [0.3, 0.4) is 0 Å². The van der Waals surface area contributed by atoms with Crippen molar-refractivity contribution in [3.63, 3.8) is 0 Å². The molecule has 0 radical (unpaired) electrons. The number of fused-ring (bicyclic) bond motifs is 2. The molecule has 0 amide bonds. The van der Waals surface area contributed by atoms with E-state index < -0.39 is 5.82 Å². The Labute approximate surface area is 184 Å². The highest BCUT2D eigenvalue weighted by molar-refractivity contribution is 6.30. The summed E-state index contributed by atoms with van der Waals surface area (Å²) in [6, 6.07) is 7.11. The van der Waals surface area contributed by atoms with Crippen LogP contribution in [0.5, 0.6) is 11.8 Å². The molecule has 1 N–H and O–H groups in total. The first kappa shape index (κ1) is 20.0. The minimum absolute atomic E-state index is 0.000216. The molecule has 10 heteroatoms. The van der Waals surface area contributed by atoms with Gasteiger partial charge >= 0.3 is 6.01 Å². The summed E-state index contributed by atoms with van der Waals surface area (Å²) in [5.41, 5.74) is 0.971. The minimum atomic E-state index is -0.618. The van der Waals surface area contributed by atoms with Crippen LogP contribution in [0.4, 0.5) is 16.2 Å². The van der Waals surface area contributed by atoms with Gasteiger partial charge in [0.25, 0.3) is 0 Å². The highest BCUT2D eigenvalue weighted by Gasteiger charge is 2.43. The van der Waals surface area contributed by atoms with Gasteiger partial charge in [0, 0.05) is 37.9 Å². The van der Waals surface area contributed by atoms with Crippen LogP contribution in [0.1, 0.15) is 18.5 Å². The number of rotatable bonds is 5. The average molecular weight is 444 g/mol. The Bertz CT molecular complexity index is 1090. The van der Waals surface area contributed by atoms with Crippen LogP contribution in [0.15, 0.2) is 30.6 Å². The molecule has 1 aliphatic carbocycles. The van der Waals surface area contributed by atoms with E-state index in [1.807, 2.05) is 13.0 Å². The summed E-state index contributed by atoms with van der Waals surface area (Å²) in [4.78, 5) is 15.4. The number of piperidine rings is 1. The van der Waals surface area contributed by atoms with Gasteiger partial charge in [-0.3, -0.25) is 0 Å². The Morgan fingerprint density at radius 2 is 1.97 bits per heavy atom. The number of nitrogens with one attached hydrogen (secondary N) is 1. The molecule has 162 valence electrons. The van der Waals surface area contributed by atoms with Crippen molar-refractivity contribution in [2.45, 2.75) is 25.8 Å². The summed E-state index contributed by atoms with van der Waals surface area (Å²) in [6.07, 6.45) is 3.92. The third kappa shape index (κ3) is 3.89. The van der Waals surface area contributed by atoms with Crippen molar-refractivity contribution >= 4 is 23.4 Å². The van der Waals surface area contributed by atoms with Crippen LogP contribution >= 0.6 is 11.6 Å². The van der Waals surface area contributed by atoms with E-state index in [4.69, 9.17) is 16.3 Å². The van der Waals surface area contributed by atoms with E-state index in [9.17, 15) is 4.39 Å². The zero-order chi connectivity index (χ0) is 21.5. The Morgan fingerprint density at radius 3 is 2.71 bits per heavy atom. The highest BCUT2D eigenvalue weighted by atomic mass is 35.5. The second-order valence-electron chi connectivity index (χ2n) is 8.19. The molecule has 2 aliphatic rings. The Balaban J connectivity index is 1.29. The van der Waals surface area contributed by atoms with Gasteiger partial charge in [0.05, 0.1) is 5.02 Å². The fraction of sp³-hybridized carbons (Fsp3) is 0.429. The largest absolute Gasteiger partial charge is 0.421 e. The molecule has 1 aliphatic heterocycles. The molecule has 3 heterocycles. The van der Waals surface area contributed by atoms with Crippen molar-refractivity contribution in [3.05, 3.63) is 47.1 Å². The molecule has 31 heavy (non-hydrogen) atoms. The molecular weight excluding hydrogens is 421 g/mol. The molecule has 2 fully saturated rings. The summed E-state index contributed by atoms with van der Waals surface area (Å²) >= 11 is 5.84. The Morgan fingerprint density at radius 1 is 1.19 bits per heavy atom. The van der Waals surface area contributed by atoms with E-state index in [-0.39, 0.29) is 22.8 Å². The molecule has 1 aromatic carbocycles. The van der Waals surface area contributed by atoms with Crippen molar-refractivity contribution in [2.24, 2.45) is 18.9 Å². The number of aryl methyl sites for hydroxylation is 2. The topological polar surface area (TPSA) is 81.0 Å². The number of halogens is 2. The van der Waals surface area contributed by atoms with Crippen LogP contribution in [-0.2, 0) is 7.05 Å². The lowest BCUT2D eigenvalue weighted by Crippen LogP contribution is -2.48. The van der Waals surface area contributed by atoms with Crippen molar-refractivity contribution in [2.75, 3.05) is 23.3 Å². The predicted octanol–water partition coefficient (Wildman–Crippen LogP) is 3.83. The lowest BCUT2D eigenvalue weighted by Gasteiger charge is -2.38. The average Bonchev–Trinajstić information content (AvgIpc) is 3.19. The third-order valence-corrected chi connectivity index (χ3v) is 6.38. The SMILES string of the molecule is Cc1cc(N2C[C@H]3CC[C@@H](C2)C3Nc2nc(Oc3cccc(Cl)c3F)n(C)n2)ncn1. The quantitative estimate of drug-likeness (QED) is 0.641. The van der Waals surface area contributed by atoms with Crippen molar-refractivity contribution in [1.29, 1.82) is 0 Å². The summed E-state index contributed by atoms with van der Waals surface area (Å²) in [5, 5.41) is 7.92. The number of hydrogen-bond acceptors (Lipinski definition) is 7. The molecule has 8 nitrogen and oxygen atoms in total. The van der Waals surface area contributed by atoms with Gasteiger partial charge in [-0.25, -0.2) is 19.0 Å². The van der Waals surface area contributed by atoms with E-state index in [1.54, 1.807) is 19.4 Å². The van der Waals surface area contributed by atoms with Gasteiger partial charge < -0.3 is 15.0 Å². The maximum Gasteiger partial charge on any atom is 0.322 e. The molecule has 1 saturated carbocycles. The van der Waals surface area contributed by atoms with E-state index in [0.717, 1.165) is 37.4 Å². The van der Waals surface area contributed by atoms with Crippen LogP contribution in [-0.4, -0.2) is 43.9 Å². The Kier molecular flexibility index (Phi) is 5.13. The van der Waals surface area contributed by atoms with Crippen molar-refractivity contribution in [3.8, 4) is 11.8 Å². The lowest BCUT2D eigenvalue weighted by atomic mass is 9.92. The van der Waals surface area contributed by atoms with Crippen LogP contribution in [0.2, 0.25) is 5.02 Å². The molecule has 5 rings (SSSR count). The molecule has 1 saturated heterocycles. The molecule has 2 bridgehead atoms. The molecule has 3 aromatic rings. The first-order valence-corrected chi connectivity index (χ1v) is 10.7.